The van der Waals surface area contributed by atoms with Gasteiger partial charge in [-0.05, 0) is 47.8 Å². The van der Waals surface area contributed by atoms with E-state index in [9.17, 15) is 5.11 Å². The minimum atomic E-state index is 0.118. The van der Waals surface area contributed by atoms with E-state index in [2.05, 4.69) is 38.7 Å². The lowest BCUT2D eigenvalue weighted by Gasteiger charge is -2.47. The van der Waals surface area contributed by atoms with E-state index in [1.807, 2.05) is 12.1 Å². The van der Waals surface area contributed by atoms with Gasteiger partial charge in [0, 0.05) is 13.1 Å². The predicted octanol–water partition coefficient (Wildman–Crippen LogP) is 3.32. The van der Waals surface area contributed by atoms with Crippen LogP contribution in [0.3, 0.4) is 0 Å². The van der Waals surface area contributed by atoms with Crippen LogP contribution in [0.15, 0.2) is 24.3 Å². The maximum absolute atomic E-state index is 9.75. The number of piperidine rings is 1. The molecule has 1 aliphatic rings. The van der Waals surface area contributed by atoms with Gasteiger partial charge in [0.2, 0.25) is 0 Å². The molecule has 0 spiro atoms. The summed E-state index contributed by atoms with van der Waals surface area (Å²) in [6.07, 6.45) is 2.31. The normalized spacial score (nSPS) is 28.8. The highest BCUT2D eigenvalue weighted by Crippen LogP contribution is 2.40. The Morgan fingerprint density at radius 2 is 2.14 bits per heavy atom. The summed E-state index contributed by atoms with van der Waals surface area (Å²) in [6.45, 7) is 11.1. The van der Waals surface area contributed by atoms with Gasteiger partial charge in [-0.2, -0.15) is 0 Å². The number of aromatic hydroxyl groups is 1. The van der Waals surface area contributed by atoms with Gasteiger partial charge < -0.3 is 10.8 Å². The van der Waals surface area contributed by atoms with Crippen molar-refractivity contribution in [3.63, 3.8) is 0 Å². The van der Waals surface area contributed by atoms with Crippen LogP contribution in [0, 0.1) is 11.8 Å². The zero-order valence-electron chi connectivity index (χ0n) is 13.8. The van der Waals surface area contributed by atoms with E-state index in [1.54, 1.807) is 6.07 Å². The van der Waals surface area contributed by atoms with Gasteiger partial charge in [-0.1, -0.05) is 39.8 Å². The lowest BCUT2D eigenvalue weighted by molar-refractivity contribution is 0.0684. The van der Waals surface area contributed by atoms with Gasteiger partial charge in [0.25, 0.3) is 0 Å². The Balaban J connectivity index is 2.10. The summed E-state index contributed by atoms with van der Waals surface area (Å²) in [5, 5.41) is 9.75. The molecule has 1 aliphatic heterocycles. The fourth-order valence-electron chi connectivity index (χ4n) is 3.49. The van der Waals surface area contributed by atoms with Crippen LogP contribution in [-0.2, 0) is 5.41 Å². The Bertz CT molecular complexity index is 474. The molecule has 2 rings (SSSR count). The number of phenolic OH excluding ortho intramolecular Hbond substituents is 1. The third kappa shape index (κ3) is 3.58. The lowest BCUT2D eigenvalue weighted by Crippen LogP contribution is -2.53. The molecule has 1 aromatic rings. The van der Waals surface area contributed by atoms with Crippen LogP contribution in [-0.4, -0.2) is 29.3 Å². The van der Waals surface area contributed by atoms with Crippen molar-refractivity contribution in [2.24, 2.45) is 17.6 Å². The summed E-state index contributed by atoms with van der Waals surface area (Å²) in [5.74, 6) is 1.51. The number of hydrogen-bond acceptors (Lipinski definition) is 3. The minimum Gasteiger partial charge on any atom is -0.508 e. The molecule has 3 atom stereocenters. The summed E-state index contributed by atoms with van der Waals surface area (Å²) in [7, 11) is 0. The van der Waals surface area contributed by atoms with E-state index in [-0.39, 0.29) is 11.6 Å². The number of nitrogens with zero attached hydrogens (tertiary/aromatic N) is 1. The molecule has 1 fully saturated rings. The summed E-state index contributed by atoms with van der Waals surface area (Å²) in [4.78, 5) is 2.43. The molecule has 0 bridgehead atoms. The molecule has 0 aliphatic carbocycles. The Kier molecular flexibility index (Phi) is 4.95. The van der Waals surface area contributed by atoms with Crippen molar-refractivity contribution in [1.29, 1.82) is 0 Å². The average molecular weight is 290 g/mol. The van der Waals surface area contributed by atoms with Crippen LogP contribution in [0.2, 0.25) is 0 Å². The molecule has 0 amide bonds. The van der Waals surface area contributed by atoms with Gasteiger partial charge in [-0.3, -0.25) is 4.90 Å². The van der Waals surface area contributed by atoms with Crippen LogP contribution in [0.1, 0.15) is 46.1 Å². The lowest BCUT2D eigenvalue weighted by atomic mass is 9.68. The van der Waals surface area contributed by atoms with Crippen molar-refractivity contribution >= 4 is 0 Å². The van der Waals surface area contributed by atoms with Crippen LogP contribution in [0.25, 0.3) is 0 Å². The minimum absolute atomic E-state index is 0.118. The topological polar surface area (TPSA) is 49.5 Å². The number of rotatable bonds is 4. The number of likely N-dealkylation sites (tertiary alicyclic amines) is 1. The Hall–Kier alpha value is -1.06. The van der Waals surface area contributed by atoms with Gasteiger partial charge >= 0.3 is 0 Å². The second-order valence-electron chi connectivity index (χ2n) is 7.31. The van der Waals surface area contributed by atoms with Crippen molar-refractivity contribution in [3.05, 3.63) is 29.8 Å². The number of nitrogens with two attached hydrogens (primary N) is 1. The second kappa shape index (κ2) is 6.37. The first-order valence-corrected chi connectivity index (χ1v) is 8.12. The molecular formula is C18H30N2O. The zero-order valence-corrected chi connectivity index (χ0v) is 13.8. The highest BCUT2D eigenvalue weighted by Gasteiger charge is 2.39. The van der Waals surface area contributed by atoms with Gasteiger partial charge in [-0.25, -0.2) is 0 Å². The highest BCUT2D eigenvalue weighted by molar-refractivity contribution is 5.33. The van der Waals surface area contributed by atoms with Crippen LogP contribution < -0.4 is 5.73 Å². The standard InChI is InChI=1S/C18H30N2O/c1-13(2)10-17(19)20-9-8-18(4,14(3)12-20)15-6-5-7-16(21)11-15/h5-7,11,13-14,17,21H,8-10,12,19H2,1-4H3/t14-,17?,18+/m0/s1. The SMILES string of the molecule is CC(C)CC(N)N1CC[C@@](C)(c2cccc(O)c2)[C@@H](C)C1. The molecule has 3 heteroatoms. The molecular weight excluding hydrogens is 260 g/mol. The van der Waals surface area contributed by atoms with E-state index in [4.69, 9.17) is 5.73 Å². The van der Waals surface area contributed by atoms with Crippen LogP contribution in [0.4, 0.5) is 0 Å². The van der Waals surface area contributed by atoms with Gasteiger partial charge in [0.05, 0.1) is 6.17 Å². The molecule has 0 radical (unpaired) electrons. The first-order valence-electron chi connectivity index (χ1n) is 8.12. The van der Waals surface area contributed by atoms with Crippen molar-refractivity contribution < 1.29 is 5.11 Å². The first-order chi connectivity index (χ1) is 9.83. The molecule has 0 aromatic heterocycles. The third-order valence-electron chi connectivity index (χ3n) is 5.20. The van der Waals surface area contributed by atoms with Crippen molar-refractivity contribution in [3.8, 4) is 5.75 Å². The molecule has 1 saturated heterocycles. The number of benzene rings is 1. The van der Waals surface area contributed by atoms with Gasteiger partial charge in [0.1, 0.15) is 5.75 Å². The van der Waals surface area contributed by atoms with Crippen molar-refractivity contribution in [1.82, 2.24) is 4.90 Å². The molecule has 3 N–H and O–H groups in total. The quantitative estimate of drug-likeness (QED) is 0.894. The molecule has 1 heterocycles. The highest BCUT2D eigenvalue weighted by atomic mass is 16.3. The molecule has 21 heavy (non-hydrogen) atoms. The maximum Gasteiger partial charge on any atom is 0.115 e. The predicted molar refractivity (Wildman–Crippen MR) is 88.2 cm³/mol. The third-order valence-corrected chi connectivity index (χ3v) is 5.20. The van der Waals surface area contributed by atoms with E-state index >= 15 is 0 Å². The van der Waals surface area contributed by atoms with E-state index in [0.717, 1.165) is 25.9 Å². The maximum atomic E-state index is 9.75. The molecule has 1 unspecified atom stereocenters. The number of phenols is 1. The van der Waals surface area contributed by atoms with E-state index < -0.39 is 0 Å². The Morgan fingerprint density at radius 1 is 1.43 bits per heavy atom. The molecule has 3 nitrogen and oxygen atoms in total. The summed E-state index contributed by atoms with van der Waals surface area (Å²) >= 11 is 0. The van der Waals surface area contributed by atoms with Crippen LogP contribution in [0.5, 0.6) is 5.75 Å². The van der Waals surface area contributed by atoms with Crippen molar-refractivity contribution in [2.75, 3.05) is 13.1 Å². The second-order valence-corrected chi connectivity index (χ2v) is 7.31. The monoisotopic (exact) mass is 290 g/mol. The number of hydrogen-bond donors (Lipinski definition) is 2. The zero-order chi connectivity index (χ0) is 15.6. The largest absolute Gasteiger partial charge is 0.508 e. The summed E-state index contributed by atoms with van der Waals surface area (Å²) in [6, 6.07) is 7.74. The van der Waals surface area contributed by atoms with E-state index in [0.29, 0.717) is 17.6 Å². The summed E-state index contributed by atoms with van der Waals surface area (Å²) in [5.41, 5.74) is 7.71. The fourth-order valence-corrected chi connectivity index (χ4v) is 3.49. The van der Waals surface area contributed by atoms with E-state index in [1.165, 1.54) is 5.56 Å². The van der Waals surface area contributed by atoms with Crippen molar-refractivity contribution in [2.45, 2.75) is 52.1 Å². The smallest absolute Gasteiger partial charge is 0.115 e. The van der Waals surface area contributed by atoms with Crippen LogP contribution >= 0.6 is 0 Å². The first kappa shape index (κ1) is 16.3. The molecule has 0 saturated carbocycles. The summed E-state index contributed by atoms with van der Waals surface area (Å²) < 4.78 is 0. The fraction of sp³-hybridized carbons (Fsp3) is 0.667. The molecule has 118 valence electrons. The van der Waals surface area contributed by atoms with Gasteiger partial charge in [-0.15, -0.1) is 0 Å². The average Bonchev–Trinajstić information content (AvgIpc) is 2.41. The molecule has 1 aromatic carbocycles. The Morgan fingerprint density at radius 3 is 2.71 bits per heavy atom. The Labute approximate surface area is 129 Å². The van der Waals surface area contributed by atoms with Gasteiger partial charge in [0.15, 0.2) is 0 Å².